The number of rotatable bonds is 1. The fourth-order valence-electron chi connectivity index (χ4n) is 0.335. The molecule has 0 aliphatic carbocycles. The van der Waals surface area contributed by atoms with Crippen molar-refractivity contribution in [3.63, 3.8) is 0 Å². The molecule has 0 saturated heterocycles. The summed E-state index contributed by atoms with van der Waals surface area (Å²) < 4.78 is 0. The lowest BCUT2D eigenvalue weighted by Crippen LogP contribution is -2.06. The number of nitrogens with one attached hydrogen (secondary N) is 2. The molecular formula is C3H6N4. The third kappa shape index (κ3) is 0.690. The Balaban J connectivity index is 2.76. The summed E-state index contributed by atoms with van der Waals surface area (Å²) in [5.41, 5.74) is 2.39. The lowest BCUT2D eigenvalue weighted by Gasteiger charge is -1.86. The Kier molecular flexibility index (Phi) is 0.953. The molecule has 0 unspecified atom stereocenters. The van der Waals surface area contributed by atoms with Crippen LogP contribution in [0.15, 0.2) is 12.5 Å². The SMILES string of the molecule is NNc1cnc[nH]1. The summed E-state index contributed by atoms with van der Waals surface area (Å²) in [5.74, 6) is 5.70. The maximum absolute atomic E-state index is 4.97. The predicted octanol–water partition coefficient (Wildman–Crippen LogP) is -0.305. The van der Waals surface area contributed by atoms with Crippen LogP contribution < -0.4 is 11.3 Å². The van der Waals surface area contributed by atoms with E-state index < -0.39 is 0 Å². The number of nitrogens with zero attached hydrogens (tertiary/aromatic N) is 1. The van der Waals surface area contributed by atoms with Gasteiger partial charge in [-0.2, -0.15) is 0 Å². The number of anilines is 1. The van der Waals surface area contributed by atoms with E-state index in [1.807, 2.05) is 0 Å². The third-order valence-corrected chi connectivity index (χ3v) is 0.654. The van der Waals surface area contributed by atoms with E-state index in [1.165, 1.54) is 0 Å². The lowest BCUT2D eigenvalue weighted by atomic mass is 10.8. The minimum atomic E-state index is 0.722. The Hall–Kier alpha value is -1.03. The molecule has 0 aliphatic rings. The van der Waals surface area contributed by atoms with Gasteiger partial charge in [0.25, 0.3) is 0 Å². The number of nitrogens with two attached hydrogens (primary N) is 1. The summed E-state index contributed by atoms with van der Waals surface area (Å²) in [7, 11) is 0. The second kappa shape index (κ2) is 1.61. The molecule has 0 bridgehead atoms. The highest BCUT2D eigenvalue weighted by molar-refractivity contribution is 5.27. The summed E-state index contributed by atoms with van der Waals surface area (Å²) >= 11 is 0. The molecule has 7 heavy (non-hydrogen) atoms. The van der Waals surface area contributed by atoms with E-state index in [4.69, 9.17) is 5.84 Å². The zero-order valence-corrected chi connectivity index (χ0v) is 3.68. The van der Waals surface area contributed by atoms with Gasteiger partial charge < -0.3 is 10.4 Å². The smallest absolute Gasteiger partial charge is 0.137 e. The van der Waals surface area contributed by atoms with E-state index in [0.29, 0.717) is 0 Å². The minimum Gasteiger partial charge on any atom is -0.331 e. The van der Waals surface area contributed by atoms with Crippen LogP contribution >= 0.6 is 0 Å². The molecule has 0 saturated carbocycles. The van der Waals surface area contributed by atoms with Crippen LogP contribution in [0.2, 0.25) is 0 Å². The van der Waals surface area contributed by atoms with Crippen LogP contribution in [0, 0.1) is 0 Å². The summed E-state index contributed by atoms with van der Waals surface area (Å²) in [6.45, 7) is 0. The van der Waals surface area contributed by atoms with E-state index in [0.717, 1.165) is 5.82 Å². The Bertz CT molecular complexity index is 121. The maximum Gasteiger partial charge on any atom is 0.137 e. The second-order valence-electron chi connectivity index (χ2n) is 1.11. The number of H-pyrrole nitrogens is 1. The first-order valence-corrected chi connectivity index (χ1v) is 1.88. The Morgan fingerprint density at radius 1 is 1.86 bits per heavy atom. The van der Waals surface area contributed by atoms with Crippen LogP contribution in [0.1, 0.15) is 0 Å². The number of aromatic amines is 1. The molecule has 0 amide bonds. The van der Waals surface area contributed by atoms with Gasteiger partial charge in [-0.3, -0.25) is 0 Å². The minimum absolute atomic E-state index is 0.722. The van der Waals surface area contributed by atoms with Crippen LogP contribution in [0.3, 0.4) is 0 Å². The Morgan fingerprint density at radius 3 is 3.00 bits per heavy atom. The zero-order chi connectivity index (χ0) is 5.11. The van der Waals surface area contributed by atoms with E-state index in [1.54, 1.807) is 12.5 Å². The number of nitrogen functional groups attached to an aromatic ring is 1. The summed E-state index contributed by atoms with van der Waals surface area (Å²) in [4.78, 5) is 6.43. The van der Waals surface area contributed by atoms with Crippen molar-refractivity contribution < 1.29 is 0 Å². The van der Waals surface area contributed by atoms with Gasteiger partial charge in [0, 0.05) is 0 Å². The third-order valence-electron chi connectivity index (χ3n) is 0.654. The van der Waals surface area contributed by atoms with Crippen LogP contribution in [-0.2, 0) is 0 Å². The van der Waals surface area contributed by atoms with Gasteiger partial charge >= 0.3 is 0 Å². The first-order chi connectivity index (χ1) is 3.43. The van der Waals surface area contributed by atoms with Crippen molar-refractivity contribution in [1.82, 2.24) is 9.97 Å². The number of imidazole rings is 1. The molecule has 4 N–H and O–H groups in total. The van der Waals surface area contributed by atoms with Gasteiger partial charge in [0.1, 0.15) is 5.82 Å². The van der Waals surface area contributed by atoms with Gasteiger partial charge in [0.05, 0.1) is 12.5 Å². The largest absolute Gasteiger partial charge is 0.331 e. The number of aromatic nitrogens is 2. The fraction of sp³-hybridized carbons (Fsp3) is 0. The predicted molar refractivity (Wildman–Crippen MR) is 26.4 cm³/mol. The molecular weight excluding hydrogens is 92.1 g/mol. The van der Waals surface area contributed by atoms with Gasteiger partial charge in [-0.05, 0) is 0 Å². The maximum atomic E-state index is 4.97. The summed E-state index contributed by atoms with van der Waals surface area (Å²) in [6, 6.07) is 0. The number of hydrogen-bond acceptors (Lipinski definition) is 3. The highest BCUT2D eigenvalue weighted by atomic mass is 15.3. The first-order valence-electron chi connectivity index (χ1n) is 1.88. The summed E-state index contributed by atoms with van der Waals surface area (Å²) in [5, 5.41) is 0. The van der Waals surface area contributed by atoms with Crippen molar-refractivity contribution in [1.29, 1.82) is 0 Å². The summed E-state index contributed by atoms with van der Waals surface area (Å²) in [6.07, 6.45) is 3.15. The molecule has 0 spiro atoms. The quantitative estimate of drug-likeness (QED) is 0.333. The van der Waals surface area contributed by atoms with Crippen molar-refractivity contribution in [2.75, 3.05) is 5.43 Å². The number of hydrazine groups is 1. The van der Waals surface area contributed by atoms with Gasteiger partial charge in [-0.1, -0.05) is 0 Å². The molecule has 1 heterocycles. The van der Waals surface area contributed by atoms with Crippen molar-refractivity contribution in [3.8, 4) is 0 Å². The number of hydrogen-bond donors (Lipinski definition) is 3. The van der Waals surface area contributed by atoms with Crippen molar-refractivity contribution in [2.45, 2.75) is 0 Å². The molecule has 1 rings (SSSR count). The van der Waals surface area contributed by atoms with E-state index in [2.05, 4.69) is 15.4 Å². The van der Waals surface area contributed by atoms with Crippen molar-refractivity contribution in [3.05, 3.63) is 12.5 Å². The molecule has 4 heteroatoms. The van der Waals surface area contributed by atoms with E-state index in [9.17, 15) is 0 Å². The van der Waals surface area contributed by atoms with E-state index in [-0.39, 0.29) is 0 Å². The Labute approximate surface area is 40.7 Å². The topological polar surface area (TPSA) is 66.7 Å². The molecule has 0 fully saturated rings. The van der Waals surface area contributed by atoms with E-state index >= 15 is 0 Å². The van der Waals surface area contributed by atoms with Crippen molar-refractivity contribution >= 4 is 5.82 Å². The second-order valence-corrected chi connectivity index (χ2v) is 1.11. The van der Waals surface area contributed by atoms with Crippen LogP contribution in [0.25, 0.3) is 0 Å². The molecule has 0 radical (unpaired) electrons. The van der Waals surface area contributed by atoms with Gasteiger partial charge in [0.15, 0.2) is 0 Å². The highest BCUT2D eigenvalue weighted by Crippen LogP contribution is 1.91. The average Bonchev–Trinajstić information content (AvgIpc) is 2.14. The fourth-order valence-corrected chi connectivity index (χ4v) is 0.335. The van der Waals surface area contributed by atoms with Gasteiger partial charge in [-0.25, -0.2) is 10.8 Å². The molecule has 0 aromatic carbocycles. The molecule has 0 aliphatic heterocycles. The average molecular weight is 98.1 g/mol. The normalized spacial score (nSPS) is 8.71. The standard InChI is InChI=1S/C3H6N4/c4-7-3-1-5-2-6-3/h1-2,7H,4H2,(H,5,6). The lowest BCUT2D eigenvalue weighted by molar-refractivity contribution is 1.26. The molecule has 38 valence electrons. The molecule has 4 nitrogen and oxygen atoms in total. The van der Waals surface area contributed by atoms with Gasteiger partial charge in [0.2, 0.25) is 0 Å². The highest BCUT2D eigenvalue weighted by Gasteiger charge is 1.80. The molecule has 1 aromatic rings. The van der Waals surface area contributed by atoms with Crippen molar-refractivity contribution in [2.24, 2.45) is 5.84 Å². The zero-order valence-electron chi connectivity index (χ0n) is 3.68. The van der Waals surface area contributed by atoms with Crippen LogP contribution in [-0.4, -0.2) is 9.97 Å². The molecule has 1 aromatic heterocycles. The van der Waals surface area contributed by atoms with Gasteiger partial charge in [-0.15, -0.1) is 0 Å². The van der Waals surface area contributed by atoms with Crippen LogP contribution in [0.5, 0.6) is 0 Å². The monoisotopic (exact) mass is 98.1 g/mol. The van der Waals surface area contributed by atoms with Crippen LogP contribution in [0.4, 0.5) is 5.82 Å². The molecule has 0 atom stereocenters. The Morgan fingerprint density at radius 2 is 2.71 bits per heavy atom. The first kappa shape index (κ1) is 4.14.